The van der Waals surface area contributed by atoms with Gasteiger partial charge in [-0.3, -0.25) is 14.7 Å². The van der Waals surface area contributed by atoms with Crippen molar-refractivity contribution in [2.75, 3.05) is 50.0 Å². The number of carbonyl (C=O) groups excluding carboxylic acids is 1. The van der Waals surface area contributed by atoms with E-state index in [1.807, 2.05) is 28.0 Å². The molecule has 1 saturated carbocycles. The Balaban J connectivity index is 0.000000588. The summed E-state index contributed by atoms with van der Waals surface area (Å²) in [5, 5.41) is 20.0. The average molecular weight is 768 g/mol. The van der Waals surface area contributed by atoms with Crippen LogP contribution in [0.15, 0.2) is 42.7 Å². The second kappa shape index (κ2) is 13.3. The standard InChI is InChI=1S/C32H32F5N9O.C2HF3O2/c1-38-22-10-26(43-46-24(13-41-28(22)46)29(47)42-25-11-31(25,34)35)45-8-5-19-20(3-2-4-23(19)45)27-21(33)9-18(12-40-27)14-44-16-30(17-44)6-7-39-15-32(30,36)37;3-2(4,5)1(6)7/h2-4,9-10,12-13,25,38-39H,5-8,11,14-17H2,1H3,(H,42,47);(H,6,7)/t25-;/m1./s1. The van der Waals surface area contributed by atoms with Gasteiger partial charge in [-0.15, -0.1) is 5.10 Å². The number of aromatic nitrogens is 4. The van der Waals surface area contributed by atoms with E-state index in [4.69, 9.17) is 9.90 Å². The number of fused-ring (bicyclic) bond motifs is 2. The van der Waals surface area contributed by atoms with Crippen LogP contribution in [0.3, 0.4) is 0 Å². The van der Waals surface area contributed by atoms with Crippen molar-refractivity contribution in [3.8, 4) is 11.3 Å². The number of aliphatic carboxylic acids is 1. The number of carbonyl (C=O) groups is 2. The van der Waals surface area contributed by atoms with Crippen LogP contribution in [-0.2, 0) is 17.8 Å². The minimum Gasteiger partial charge on any atom is -0.475 e. The van der Waals surface area contributed by atoms with Gasteiger partial charge in [0.2, 0.25) is 0 Å². The molecule has 0 radical (unpaired) electrons. The van der Waals surface area contributed by atoms with Crippen molar-refractivity contribution in [1.82, 2.24) is 35.1 Å². The summed E-state index contributed by atoms with van der Waals surface area (Å²) in [5.74, 6) is -9.15. The molecule has 3 aliphatic heterocycles. The first-order chi connectivity index (χ1) is 25.4. The number of halogens is 8. The van der Waals surface area contributed by atoms with E-state index in [1.54, 1.807) is 19.3 Å². The zero-order valence-electron chi connectivity index (χ0n) is 28.5. The molecular formula is C34H33F8N9O3. The van der Waals surface area contributed by atoms with E-state index in [0.717, 1.165) is 11.3 Å². The molecule has 0 bridgehead atoms. The van der Waals surface area contributed by atoms with E-state index < -0.39 is 53.6 Å². The molecule has 6 heterocycles. The summed E-state index contributed by atoms with van der Waals surface area (Å²) in [6.45, 7) is 1.65. The molecule has 288 valence electrons. The highest BCUT2D eigenvalue weighted by atomic mass is 19.4. The van der Waals surface area contributed by atoms with Crippen LogP contribution < -0.4 is 20.9 Å². The summed E-state index contributed by atoms with van der Waals surface area (Å²) < 4.78 is 105. The van der Waals surface area contributed by atoms with E-state index in [9.17, 15) is 35.5 Å². The Morgan fingerprint density at radius 2 is 1.81 bits per heavy atom. The van der Waals surface area contributed by atoms with Gasteiger partial charge in [0.1, 0.15) is 11.5 Å². The van der Waals surface area contributed by atoms with Crippen LogP contribution in [0.1, 0.15) is 34.5 Å². The van der Waals surface area contributed by atoms with Gasteiger partial charge in [-0.25, -0.2) is 36.2 Å². The fourth-order valence-corrected chi connectivity index (χ4v) is 7.20. The van der Waals surface area contributed by atoms with Gasteiger partial charge in [0.05, 0.1) is 29.9 Å². The number of benzene rings is 1. The first kappa shape index (κ1) is 37.2. The van der Waals surface area contributed by atoms with Crippen molar-refractivity contribution < 1.29 is 49.8 Å². The van der Waals surface area contributed by atoms with E-state index in [2.05, 4.69) is 31.0 Å². The van der Waals surface area contributed by atoms with Gasteiger partial charge < -0.3 is 26.0 Å². The lowest BCUT2D eigenvalue weighted by Gasteiger charge is -2.56. The Labute approximate surface area is 301 Å². The second-order valence-corrected chi connectivity index (χ2v) is 13.8. The molecule has 2 saturated heterocycles. The Hall–Kier alpha value is -5.11. The van der Waals surface area contributed by atoms with E-state index in [-0.39, 0.29) is 31.0 Å². The van der Waals surface area contributed by atoms with E-state index >= 15 is 4.39 Å². The van der Waals surface area contributed by atoms with Crippen molar-refractivity contribution >= 4 is 34.7 Å². The average Bonchev–Trinajstić information content (AvgIpc) is 3.41. The largest absolute Gasteiger partial charge is 0.490 e. The van der Waals surface area contributed by atoms with Gasteiger partial charge in [0.25, 0.3) is 17.8 Å². The van der Waals surface area contributed by atoms with E-state index in [0.29, 0.717) is 60.8 Å². The van der Waals surface area contributed by atoms with E-state index in [1.165, 1.54) is 16.8 Å². The Bertz CT molecular complexity index is 2120. The molecule has 4 aliphatic rings. The summed E-state index contributed by atoms with van der Waals surface area (Å²) in [5.41, 5.74) is 3.06. The zero-order valence-corrected chi connectivity index (χ0v) is 28.5. The van der Waals surface area contributed by atoms with Gasteiger partial charge in [-0.2, -0.15) is 13.2 Å². The summed E-state index contributed by atoms with van der Waals surface area (Å²) in [7, 11) is 1.70. The number of hydrogen-bond acceptors (Lipinski definition) is 9. The minimum atomic E-state index is -5.08. The molecule has 1 aromatic carbocycles. The van der Waals surface area contributed by atoms with Crippen molar-refractivity contribution in [1.29, 1.82) is 0 Å². The van der Waals surface area contributed by atoms with Crippen LogP contribution in [0.25, 0.3) is 16.9 Å². The number of piperidine rings is 1. The summed E-state index contributed by atoms with van der Waals surface area (Å²) in [6.07, 6.45) is -1.60. The highest BCUT2D eigenvalue weighted by molar-refractivity contribution is 5.94. The summed E-state index contributed by atoms with van der Waals surface area (Å²) >= 11 is 0. The smallest absolute Gasteiger partial charge is 0.475 e. The number of imidazole rings is 1. The number of carboxylic acid groups (broad SMARTS) is 1. The molecular weight excluding hydrogens is 734 g/mol. The third-order valence-corrected chi connectivity index (χ3v) is 10.1. The maximum Gasteiger partial charge on any atom is 0.490 e. The topological polar surface area (TPSA) is 140 Å². The van der Waals surface area contributed by atoms with Crippen LogP contribution in [0.5, 0.6) is 0 Å². The lowest BCUT2D eigenvalue weighted by atomic mass is 9.69. The predicted octanol–water partition coefficient (Wildman–Crippen LogP) is 4.87. The monoisotopic (exact) mass is 767 g/mol. The van der Waals surface area contributed by atoms with Crippen molar-refractivity contribution in [2.45, 2.75) is 49.9 Å². The lowest BCUT2D eigenvalue weighted by Crippen LogP contribution is -2.69. The van der Waals surface area contributed by atoms with Crippen LogP contribution in [0, 0.1) is 11.2 Å². The lowest BCUT2D eigenvalue weighted by molar-refractivity contribution is -0.205. The molecule has 54 heavy (non-hydrogen) atoms. The summed E-state index contributed by atoms with van der Waals surface area (Å²) in [6, 6.07) is 7.52. The van der Waals surface area contributed by atoms with Crippen molar-refractivity contribution in [3.05, 3.63) is 65.4 Å². The predicted molar refractivity (Wildman–Crippen MR) is 178 cm³/mol. The van der Waals surface area contributed by atoms with Gasteiger partial charge in [0.15, 0.2) is 17.2 Å². The number of rotatable bonds is 7. The highest BCUT2D eigenvalue weighted by Gasteiger charge is 2.61. The molecule has 4 aromatic rings. The number of pyridine rings is 1. The van der Waals surface area contributed by atoms with Crippen LogP contribution in [0.2, 0.25) is 0 Å². The molecule has 1 amide bonds. The normalized spacial score (nSPS) is 20.8. The third kappa shape index (κ3) is 6.76. The molecule has 4 N–H and O–H groups in total. The van der Waals surface area contributed by atoms with Gasteiger partial charge in [-0.05, 0) is 42.6 Å². The number of anilines is 3. The number of carboxylic acids is 1. The Kier molecular flexibility index (Phi) is 9.18. The number of nitrogens with zero attached hydrogens (tertiary/aromatic N) is 6. The molecule has 12 nitrogen and oxygen atoms in total. The molecule has 1 spiro atoms. The Morgan fingerprint density at radius 3 is 2.44 bits per heavy atom. The SMILES string of the molecule is CNc1cc(N2CCc3c(-c4ncc(CN5CC6(CCNCC6(F)F)C5)cc4F)cccc32)nn2c(C(=O)N[C@@H]3CC3(F)F)cnc12.O=C(O)C(F)(F)F. The molecule has 0 unspecified atom stereocenters. The third-order valence-electron chi connectivity index (χ3n) is 10.1. The molecule has 3 fully saturated rings. The summed E-state index contributed by atoms with van der Waals surface area (Å²) in [4.78, 5) is 34.4. The molecule has 8 rings (SSSR count). The van der Waals surface area contributed by atoms with Crippen molar-refractivity contribution in [2.24, 2.45) is 5.41 Å². The second-order valence-electron chi connectivity index (χ2n) is 13.8. The quantitative estimate of drug-likeness (QED) is 0.193. The fourth-order valence-electron chi connectivity index (χ4n) is 7.20. The van der Waals surface area contributed by atoms with Gasteiger partial charge >= 0.3 is 12.1 Å². The van der Waals surface area contributed by atoms with Crippen molar-refractivity contribution in [3.63, 3.8) is 0 Å². The number of likely N-dealkylation sites (tertiary alicyclic amines) is 1. The number of nitrogens with one attached hydrogen (secondary N) is 3. The van der Waals surface area contributed by atoms with Crippen LogP contribution in [-0.4, -0.2) is 105 Å². The van der Waals surface area contributed by atoms with Gasteiger partial charge in [0, 0.05) is 63.2 Å². The first-order valence-electron chi connectivity index (χ1n) is 16.8. The zero-order chi connectivity index (χ0) is 38.8. The minimum absolute atomic E-state index is 0.0263. The molecule has 1 aliphatic carbocycles. The molecule has 3 aromatic heterocycles. The van der Waals surface area contributed by atoms with Gasteiger partial charge in [-0.1, -0.05) is 12.1 Å². The molecule has 20 heteroatoms. The maximum absolute atomic E-state index is 15.6. The maximum atomic E-state index is 15.6. The number of amides is 1. The Morgan fingerprint density at radius 1 is 1.09 bits per heavy atom. The number of alkyl halides is 7. The highest BCUT2D eigenvalue weighted by Crippen LogP contribution is 2.49. The fraction of sp³-hybridized carbons (Fsp3) is 0.441. The van der Waals surface area contributed by atoms with Crippen LogP contribution in [0.4, 0.5) is 52.3 Å². The number of hydrogen-bond donors (Lipinski definition) is 4. The first-order valence-corrected chi connectivity index (χ1v) is 16.8. The van der Waals surface area contributed by atoms with Crippen LogP contribution >= 0.6 is 0 Å². The molecule has 1 atom stereocenters.